The van der Waals surface area contributed by atoms with E-state index in [2.05, 4.69) is 19.5 Å². The minimum Gasteiger partial charge on any atom is -0.479 e. The molecule has 0 saturated heterocycles. The number of aromatic nitrogens is 4. The molecule has 2 aliphatic rings. The van der Waals surface area contributed by atoms with Gasteiger partial charge in [-0.1, -0.05) is 0 Å². The minimum atomic E-state index is 0.463. The van der Waals surface area contributed by atoms with Crippen molar-refractivity contribution < 1.29 is 4.74 Å². The maximum Gasteiger partial charge on any atom is 0.245 e. The van der Waals surface area contributed by atoms with Crippen molar-refractivity contribution in [2.45, 2.75) is 31.7 Å². The first-order valence-electron chi connectivity index (χ1n) is 6.82. The van der Waals surface area contributed by atoms with Crippen LogP contribution < -0.4 is 10.5 Å². The number of methoxy groups -OCH3 is 1. The first-order valence-corrected chi connectivity index (χ1v) is 6.82. The molecule has 19 heavy (non-hydrogen) atoms. The van der Waals surface area contributed by atoms with Gasteiger partial charge in [0.25, 0.3) is 0 Å². The molecule has 6 heteroatoms. The van der Waals surface area contributed by atoms with Gasteiger partial charge in [0.15, 0.2) is 11.2 Å². The van der Waals surface area contributed by atoms with Crippen LogP contribution in [0.5, 0.6) is 5.88 Å². The number of anilines is 1. The third-order valence-electron chi connectivity index (χ3n) is 4.17. The highest BCUT2D eigenvalue weighted by Crippen LogP contribution is 2.53. The lowest BCUT2D eigenvalue weighted by Crippen LogP contribution is -2.16. The summed E-state index contributed by atoms with van der Waals surface area (Å²) < 4.78 is 7.37. The van der Waals surface area contributed by atoms with Crippen molar-refractivity contribution in [1.29, 1.82) is 0 Å². The molecule has 2 heterocycles. The molecule has 0 aliphatic heterocycles. The van der Waals surface area contributed by atoms with Crippen LogP contribution in [-0.4, -0.2) is 26.6 Å². The molecule has 2 saturated carbocycles. The molecule has 0 bridgehead atoms. The predicted molar refractivity (Wildman–Crippen MR) is 70.8 cm³/mol. The maximum absolute atomic E-state index is 6.14. The summed E-state index contributed by atoms with van der Waals surface area (Å²) in [6.07, 6.45) is 6.70. The molecule has 0 aromatic carbocycles. The van der Waals surface area contributed by atoms with Crippen LogP contribution in [0.25, 0.3) is 11.2 Å². The molecule has 2 N–H and O–H groups in total. The number of imidazole rings is 1. The van der Waals surface area contributed by atoms with Crippen molar-refractivity contribution in [3.8, 4) is 5.88 Å². The van der Waals surface area contributed by atoms with Crippen LogP contribution in [0.15, 0.2) is 6.33 Å². The normalized spacial score (nSPS) is 19.3. The Kier molecular flexibility index (Phi) is 2.22. The number of hydrogen-bond donors (Lipinski definition) is 1. The molecule has 0 atom stereocenters. The topological polar surface area (TPSA) is 78.8 Å². The summed E-state index contributed by atoms with van der Waals surface area (Å²) in [6.45, 7) is 0. The smallest absolute Gasteiger partial charge is 0.245 e. The van der Waals surface area contributed by atoms with Crippen LogP contribution in [0.1, 0.15) is 31.7 Å². The molecule has 0 spiro atoms. The highest BCUT2D eigenvalue weighted by molar-refractivity contribution is 5.79. The SMILES string of the molecule is COc1ncnc2c1nc(N)n2C(C1CC1)C1CC1. The standard InChI is InChI=1S/C13H17N5O/c1-19-12-9-11(15-6-16-12)18(13(14)17-9)10(7-2-3-7)8-4-5-8/h6-8,10H,2-5H2,1H3,(H2,14,17). The molecule has 6 nitrogen and oxygen atoms in total. The van der Waals surface area contributed by atoms with Crippen LogP contribution in [0.3, 0.4) is 0 Å². The first kappa shape index (κ1) is 11.0. The molecular formula is C13H17N5O. The van der Waals surface area contributed by atoms with Gasteiger partial charge < -0.3 is 10.5 Å². The number of fused-ring (bicyclic) bond motifs is 1. The Labute approximate surface area is 111 Å². The average molecular weight is 259 g/mol. The zero-order chi connectivity index (χ0) is 13.0. The van der Waals surface area contributed by atoms with Crippen molar-refractivity contribution in [3.63, 3.8) is 0 Å². The zero-order valence-electron chi connectivity index (χ0n) is 10.9. The average Bonchev–Trinajstić information content (AvgIpc) is 3.30. The quantitative estimate of drug-likeness (QED) is 0.905. The summed E-state index contributed by atoms with van der Waals surface area (Å²) in [4.78, 5) is 12.9. The molecular weight excluding hydrogens is 242 g/mol. The van der Waals surface area contributed by atoms with Crippen molar-refractivity contribution >= 4 is 17.1 Å². The van der Waals surface area contributed by atoms with Gasteiger partial charge >= 0.3 is 0 Å². The maximum atomic E-state index is 6.14. The lowest BCUT2D eigenvalue weighted by Gasteiger charge is -2.19. The van der Waals surface area contributed by atoms with E-state index in [0.717, 1.165) is 17.5 Å². The Bertz CT molecular complexity index is 617. The van der Waals surface area contributed by atoms with E-state index < -0.39 is 0 Å². The van der Waals surface area contributed by atoms with Gasteiger partial charge in [0, 0.05) is 6.04 Å². The molecule has 0 radical (unpaired) electrons. The van der Waals surface area contributed by atoms with E-state index in [0.29, 0.717) is 23.4 Å². The molecule has 2 aromatic heterocycles. The lowest BCUT2D eigenvalue weighted by atomic mass is 10.1. The first-order chi connectivity index (χ1) is 9.29. The largest absolute Gasteiger partial charge is 0.479 e. The molecule has 4 rings (SSSR count). The third-order valence-corrected chi connectivity index (χ3v) is 4.17. The van der Waals surface area contributed by atoms with Crippen LogP contribution >= 0.6 is 0 Å². The van der Waals surface area contributed by atoms with Crippen LogP contribution in [0.2, 0.25) is 0 Å². The molecule has 0 unspecified atom stereocenters. The summed E-state index contributed by atoms with van der Waals surface area (Å²) in [5, 5.41) is 0. The van der Waals surface area contributed by atoms with Gasteiger partial charge in [0.1, 0.15) is 6.33 Å². The van der Waals surface area contributed by atoms with Gasteiger partial charge in [-0.05, 0) is 37.5 Å². The second-order valence-corrected chi connectivity index (χ2v) is 5.56. The van der Waals surface area contributed by atoms with Gasteiger partial charge in [-0.15, -0.1) is 0 Å². The van der Waals surface area contributed by atoms with E-state index in [1.165, 1.54) is 32.0 Å². The van der Waals surface area contributed by atoms with E-state index in [9.17, 15) is 0 Å². The van der Waals surface area contributed by atoms with E-state index in [1.807, 2.05) is 0 Å². The van der Waals surface area contributed by atoms with Crippen molar-refractivity contribution in [1.82, 2.24) is 19.5 Å². The summed E-state index contributed by atoms with van der Waals surface area (Å²) >= 11 is 0. The second-order valence-electron chi connectivity index (χ2n) is 5.56. The van der Waals surface area contributed by atoms with Crippen molar-refractivity contribution in [3.05, 3.63) is 6.33 Å². The fourth-order valence-corrected chi connectivity index (χ4v) is 3.03. The molecule has 100 valence electrons. The number of hydrogen-bond acceptors (Lipinski definition) is 5. The summed E-state index contributed by atoms with van der Waals surface area (Å²) in [7, 11) is 1.59. The lowest BCUT2D eigenvalue weighted by molar-refractivity contribution is 0.399. The Morgan fingerprint density at radius 2 is 1.95 bits per heavy atom. The fraction of sp³-hybridized carbons (Fsp3) is 0.615. The fourth-order valence-electron chi connectivity index (χ4n) is 3.03. The van der Waals surface area contributed by atoms with Gasteiger partial charge in [-0.2, -0.15) is 4.98 Å². The predicted octanol–water partition coefficient (Wildman–Crippen LogP) is 1.78. The van der Waals surface area contributed by atoms with Crippen LogP contribution in [0.4, 0.5) is 5.95 Å². The van der Waals surface area contributed by atoms with Crippen molar-refractivity contribution in [2.75, 3.05) is 12.8 Å². The Hall–Kier alpha value is -1.85. The molecule has 2 fully saturated rings. The summed E-state index contributed by atoms with van der Waals surface area (Å²) in [6, 6.07) is 0.463. The zero-order valence-corrected chi connectivity index (χ0v) is 10.9. The van der Waals surface area contributed by atoms with Gasteiger partial charge in [0.2, 0.25) is 11.8 Å². The molecule has 0 amide bonds. The summed E-state index contributed by atoms with van der Waals surface area (Å²) in [5.41, 5.74) is 7.63. The van der Waals surface area contributed by atoms with E-state index in [-0.39, 0.29) is 0 Å². The molecule has 2 aliphatic carbocycles. The van der Waals surface area contributed by atoms with Gasteiger partial charge in [-0.3, -0.25) is 4.57 Å². The van der Waals surface area contributed by atoms with Gasteiger partial charge in [-0.25, -0.2) is 9.97 Å². The highest BCUT2D eigenvalue weighted by Gasteiger charge is 2.44. The van der Waals surface area contributed by atoms with E-state index in [4.69, 9.17) is 10.5 Å². The highest BCUT2D eigenvalue weighted by atomic mass is 16.5. The third kappa shape index (κ3) is 1.66. The Balaban J connectivity index is 1.90. The summed E-state index contributed by atoms with van der Waals surface area (Å²) in [5.74, 6) is 2.53. The number of nitrogens with zero attached hydrogens (tertiary/aromatic N) is 4. The minimum absolute atomic E-state index is 0.463. The van der Waals surface area contributed by atoms with E-state index in [1.54, 1.807) is 7.11 Å². The van der Waals surface area contributed by atoms with Gasteiger partial charge in [0.05, 0.1) is 7.11 Å². The van der Waals surface area contributed by atoms with Crippen LogP contribution in [0, 0.1) is 11.8 Å². The Morgan fingerprint density at radius 3 is 2.53 bits per heavy atom. The molecule has 2 aromatic rings. The van der Waals surface area contributed by atoms with Crippen LogP contribution in [-0.2, 0) is 0 Å². The van der Waals surface area contributed by atoms with E-state index >= 15 is 0 Å². The second kappa shape index (κ2) is 3.82. The Morgan fingerprint density at radius 1 is 1.26 bits per heavy atom. The number of rotatable bonds is 4. The number of nitrogens with two attached hydrogens (primary N) is 1. The number of ether oxygens (including phenoxy) is 1. The monoisotopic (exact) mass is 259 g/mol. The van der Waals surface area contributed by atoms with Crippen molar-refractivity contribution in [2.24, 2.45) is 11.8 Å². The number of nitrogen functional groups attached to an aromatic ring is 1.